The third-order valence-corrected chi connectivity index (χ3v) is 5.71. The van der Waals surface area contributed by atoms with E-state index in [9.17, 15) is 9.59 Å². The van der Waals surface area contributed by atoms with Crippen molar-refractivity contribution < 1.29 is 14.3 Å². The van der Waals surface area contributed by atoms with E-state index in [1.54, 1.807) is 31.4 Å². The van der Waals surface area contributed by atoms with Gasteiger partial charge in [-0.2, -0.15) is 0 Å². The molecule has 28 heavy (non-hydrogen) atoms. The summed E-state index contributed by atoms with van der Waals surface area (Å²) in [5, 5.41) is 8.52. The number of aromatic nitrogens is 2. The van der Waals surface area contributed by atoms with Crippen LogP contribution in [0.15, 0.2) is 29.6 Å². The van der Waals surface area contributed by atoms with Gasteiger partial charge in [0.15, 0.2) is 10.3 Å². The van der Waals surface area contributed by atoms with Gasteiger partial charge in [0.1, 0.15) is 5.75 Å². The number of aryl methyl sites for hydroxylation is 1. The summed E-state index contributed by atoms with van der Waals surface area (Å²) in [7, 11) is 1.58. The molecule has 3 rings (SSSR count). The Hall–Kier alpha value is -2.78. The molecule has 0 saturated heterocycles. The number of carbonyl (C=O) groups excluding carboxylic acids is 2. The average molecular weight is 417 g/mol. The second-order valence-electron chi connectivity index (χ2n) is 6.30. The number of carbonyl (C=O) groups is 2. The molecular weight excluding hydrogens is 396 g/mol. The van der Waals surface area contributed by atoms with Crippen molar-refractivity contribution in [3.05, 3.63) is 40.9 Å². The molecule has 146 valence electrons. The molecule has 2 amide bonds. The predicted molar refractivity (Wildman–Crippen MR) is 112 cm³/mol. The first-order valence-corrected chi connectivity index (χ1v) is 10.3. The maximum atomic E-state index is 12.4. The van der Waals surface area contributed by atoms with E-state index in [0.29, 0.717) is 21.6 Å². The summed E-state index contributed by atoms with van der Waals surface area (Å²) in [5.74, 6) is 0.255. The highest BCUT2D eigenvalue weighted by molar-refractivity contribution is 7.20. The molecule has 0 aliphatic carbocycles. The topological polar surface area (TPSA) is 93.2 Å². The van der Waals surface area contributed by atoms with Crippen molar-refractivity contribution in [3.63, 3.8) is 0 Å². The Balaban J connectivity index is 1.73. The Morgan fingerprint density at radius 3 is 2.43 bits per heavy atom. The van der Waals surface area contributed by atoms with Crippen LogP contribution in [0.2, 0.25) is 0 Å². The maximum absolute atomic E-state index is 12.4. The van der Waals surface area contributed by atoms with Crippen LogP contribution in [0.5, 0.6) is 5.75 Å². The number of benzene rings is 1. The standard InChI is InChI=1S/C19H20N4O3S2/c1-10(2)16(24)22-18-21-14(9-27-18)15-11(3)20-19(28-15)23-17(25)12-5-7-13(26-4)8-6-12/h5-10H,1-4H3,(H,20,23,25)(H,21,22,24). The van der Waals surface area contributed by atoms with Crippen molar-refractivity contribution in [3.8, 4) is 16.3 Å². The van der Waals surface area contributed by atoms with Crippen molar-refractivity contribution in [2.24, 2.45) is 5.92 Å². The number of hydrogen-bond donors (Lipinski definition) is 2. The number of ether oxygens (including phenoxy) is 1. The van der Waals surface area contributed by atoms with E-state index in [0.717, 1.165) is 16.3 Å². The highest BCUT2D eigenvalue weighted by Gasteiger charge is 2.17. The van der Waals surface area contributed by atoms with E-state index in [4.69, 9.17) is 4.74 Å². The number of nitrogens with zero attached hydrogens (tertiary/aromatic N) is 2. The van der Waals surface area contributed by atoms with Crippen LogP contribution < -0.4 is 15.4 Å². The normalized spacial score (nSPS) is 10.8. The largest absolute Gasteiger partial charge is 0.497 e. The van der Waals surface area contributed by atoms with Crippen LogP contribution in [-0.2, 0) is 4.79 Å². The summed E-state index contributed by atoms with van der Waals surface area (Å²) in [5.41, 5.74) is 2.01. The third kappa shape index (κ3) is 4.55. The van der Waals surface area contributed by atoms with E-state index in [1.165, 1.54) is 22.7 Å². The minimum absolute atomic E-state index is 0.0747. The van der Waals surface area contributed by atoms with Gasteiger partial charge in [-0.25, -0.2) is 9.97 Å². The average Bonchev–Trinajstić information content (AvgIpc) is 3.27. The lowest BCUT2D eigenvalue weighted by atomic mass is 10.2. The first kappa shape index (κ1) is 20.0. The van der Waals surface area contributed by atoms with Gasteiger partial charge in [0.25, 0.3) is 5.91 Å². The summed E-state index contributed by atoms with van der Waals surface area (Å²) < 4.78 is 5.10. The molecule has 0 atom stereocenters. The van der Waals surface area contributed by atoms with Gasteiger partial charge >= 0.3 is 0 Å². The van der Waals surface area contributed by atoms with Crippen LogP contribution in [0.3, 0.4) is 0 Å². The highest BCUT2D eigenvalue weighted by Crippen LogP contribution is 2.34. The second-order valence-corrected chi connectivity index (χ2v) is 8.16. The smallest absolute Gasteiger partial charge is 0.257 e. The molecule has 0 radical (unpaired) electrons. The van der Waals surface area contributed by atoms with Gasteiger partial charge in [-0.3, -0.25) is 14.9 Å². The maximum Gasteiger partial charge on any atom is 0.257 e. The fourth-order valence-electron chi connectivity index (χ4n) is 2.28. The zero-order chi connectivity index (χ0) is 20.3. The van der Waals surface area contributed by atoms with Gasteiger partial charge in [-0.15, -0.1) is 11.3 Å². The Labute approximate surface area is 170 Å². The van der Waals surface area contributed by atoms with Crippen LogP contribution in [-0.4, -0.2) is 28.9 Å². The molecule has 0 aliphatic rings. The second kappa shape index (κ2) is 8.49. The lowest BCUT2D eigenvalue weighted by molar-refractivity contribution is -0.118. The Kier molecular flexibility index (Phi) is 6.05. The fraction of sp³-hybridized carbons (Fsp3) is 0.263. The van der Waals surface area contributed by atoms with Gasteiger partial charge in [0.2, 0.25) is 5.91 Å². The fourth-order valence-corrected chi connectivity index (χ4v) is 3.99. The number of anilines is 2. The number of amides is 2. The Bertz CT molecular complexity index is 993. The van der Waals surface area contributed by atoms with E-state index in [1.807, 2.05) is 26.2 Å². The molecular formula is C19H20N4O3S2. The zero-order valence-electron chi connectivity index (χ0n) is 15.9. The van der Waals surface area contributed by atoms with Crippen molar-refractivity contribution >= 4 is 44.8 Å². The molecule has 9 heteroatoms. The lowest BCUT2D eigenvalue weighted by Crippen LogP contribution is -2.17. The van der Waals surface area contributed by atoms with Crippen molar-refractivity contribution in [1.82, 2.24) is 9.97 Å². The molecule has 0 saturated carbocycles. The molecule has 3 aromatic rings. The molecule has 1 aromatic carbocycles. The number of thiazole rings is 2. The van der Waals surface area contributed by atoms with Crippen LogP contribution in [0, 0.1) is 12.8 Å². The number of methoxy groups -OCH3 is 1. The molecule has 2 N–H and O–H groups in total. The molecule has 2 heterocycles. The van der Waals surface area contributed by atoms with Crippen molar-refractivity contribution in [1.29, 1.82) is 0 Å². The number of nitrogens with one attached hydrogen (secondary N) is 2. The summed E-state index contributed by atoms with van der Waals surface area (Å²) >= 11 is 2.70. The molecule has 7 nitrogen and oxygen atoms in total. The van der Waals surface area contributed by atoms with E-state index < -0.39 is 0 Å². The van der Waals surface area contributed by atoms with Gasteiger partial charge in [-0.05, 0) is 31.2 Å². The van der Waals surface area contributed by atoms with E-state index in [-0.39, 0.29) is 17.7 Å². The molecule has 2 aromatic heterocycles. The van der Waals surface area contributed by atoms with Crippen molar-refractivity contribution in [2.45, 2.75) is 20.8 Å². The van der Waals surface area contributed by atoms with Crippen LogP contribution >= 0.6 is 22.7 Å². The van der Waals surface area contributed by atoms with Crippen LogP contribution in [0.4, 0.5) is 10.3 Å². The highest BCUT2D eigenvalue weighted by atomic mass is 32.1. The third-order valence-electron chi connectivity index (χ3n) is 3.86. The minimum atomic E-state index is -0.244. The van der Waals surface area contributed by atoms with Gasteiger partial charge in [-0.1, -0.05) is 25.2 Å². The quantitative estimate of drug-likeness (QED) is 0.620. The molecule has 0 fully saturated rings. The van der Waals surface area contributed by atoms with E-state index in [2.05, 4.69) is 20.6 Å². The number of rotatable bonds is 6. The van der Waals surface area contributed by atoms with Crippen molar-refractivity contribution in [2.75, 3.05) is 17.7 Å². The van der Waals surface area contributed by atoms with Gasteiger partial charge in [0, 0.05) is 16.9 Å². The summed E-state index contributed by atoms with van der Waals surface area (Å²) in [6, 6.07) is 6.85. The summed E-state index contributed by atoms with van der Waals surface area (Å²) in [4.78, 5) is 34.0. The van der Waals surface area contributed by atoms with E-state index >= 15 is 0 Å². The monoisotopic (exact) mass is 416 g/mol. The minimum Gasteiger partial charge on any atom is -0.497 e. The molecule has 0 bridgehead atoms. The summed E-state index contributed by atoms with van der Waals surface area (Å²) in [6.07, 6.45) is 0. The molecule has 0 aliphatic heterocycles. The first-order chi connectivity index (χ1) is 13.4. The lowest BCUT2D eigenvalue weighted by Gasteiger charge is -2.03. The molecule has 0 unspecified atom stereocenters. The van der Waals surface area contributed by atoms with Gasteiger partial charge in [0.05, 0.1) is 23.4 Å². The Morgan fingerprint density at radius 2 is 1.79 bits per heavy atom. The Morgan fingerprint density at radius 1 is 1.07 bits per heavy atom. The summed E-state index contributed by atoms with van der Waals surface area (Å²) in [6.45, 7) is 5.52. The molecule has 0 spiro atoms. The first-order valence-electron chi connectivity index (χ1n) is 8.57. The van der Waals surface area contributed by atoms with Crippen LogP contribution in [0.25, 0.3) is 10.6 Å². The SMILES string of the molecule is COc1ccc(C(=O)Nc2nc(C)c(-c3csc(NC(=O)C(C)C)n3)s2)cc1. The zero-order valence-corrected chi connectivity index (χ0v) is 17.5. The van der Waals surface area contributed by atoms with Crippen LogP contribution in [0.1, 0.15) is 29.9 Å². The number of hydrogen-bond acceptors (Lipinski definition) is 7. The van der Waals surface area contributed by atoms with Gasteiger partial charge < -0.3 is 10.1 Å². The predicted octanol–water partition coefficient (Wildman–Crippen LogP) is 4.43.